The molecule has 0 saturated heterocycles. The summed E-state index contributed by atoms with van der Waals surface area (Å²) < 4.78 is 11.2. The highest BCUT2D eigenvalue weighted by Crippen LogP contribution is 2.42. The number of furan rings is 1. The highest BCUT2D eigenvalue weighted by atomic mass is 35.5. The second-order valence-corrected chi connectivity index (χ2v) is 8.08. The minimum absolute atomic E-state index is 0.0129. The number of anilines is 1. The van der Waals surface area contributed by atoms with Crippen molar-refractivity contribution in [3.8, 4) is 5.75 Å². The summed E-state index contributed by atoms with van der Waals surface area (Å²) in [5.41, 5.74) is 1.27. The van der Waals surface area contributed by atoms with Crippen LogP contribution in [0.5, 0.6) is 5.75 Å². The number of nitrogens with zero attached hydrogens (tertiary/aromatic N) is 2. The molecule has 170 valence electrons. The van der Waals surface area contributed by atoms with Crippen molar-refractivity contribution in [2.75, 3.05) is 11.5 Å². The van der Waals surface area contributed by atoms with E-state index in [1.165, 1.54) is 4.90 Å². The maximum Gasteiger partial charge on any atom is 0.294 e. The predicted molar refractivity (Wildman–Crippen MR) is 127 cm³/mol. The maximum atomic E-state index is 13.6. The zero-order chi connectivity index (χ0) is 23.8. The molecule has 2 aromatic heterocycles. The van der Waals surface area contributed by atoms with Crippen LogP contribution in [0.25, 0.3) is 11.0 Å². The number of ether oxygens (including phenoxy) is 1. The Morgan fingerprint density at radius 3 is 2.65 bits per heavy atom. The summed E-state index contributed by atoms with van der Waals surface area (Å²) in [4.78, 5) is 32.5. The first-order valence-corrected chi connectivity index (χ1v) is 11.0. The van der Waals surface area contributed by atoms with Crippen LogP contribution < -0.4 is 9.64 Å². The topological polar surface area (TPSA) is 92.9 Å². The Morgan fingerprint density at radius 1 is 1.15 bits per heavy atom. The van der Waals surface area contributed by atoms with E-state index in [1.54, 1.807) is 72.9 Å². The molecule has 1 amide bonds. The van der Waals surface area contributed by atoms with Gasteiger partial charge in [-0.05, 0) is 67.6 Å². The zero-order valence-electron chi connectivity index (χ0n) is 18.1. The van der Waals surface area contributed by atoms with Gasteiger partial charge < -0.3 is 14.3 Å². The maximum absolute atomic E-state index is 13.6. The Labute approximate surface area is 199 Å². The van der Waals surface area contributed by atoms with Crippen LogP contribution in [0.15, 0.2) is 88.7 Å². The van der Waals surface area contributed by atoms with Gasteiger partial charge >= 0.3 is 0 Å². The number of carbonyl (C=O) groups is 2. The van der Waals surface area contributed by atoms with Crippen LogP contribution in [-0.4, -0.2) is 28.4 Å². The summed E-state index contributed by atoms with van der Waals surface area (Å²) in [6.07, 6.45) is 1.57. The van der Waals surface area contributed by atoms with Gasteiger partial charge in [0.25, 0.3) is 5.91 Å². The van der Waals surface area contributed by atoms with Crippen LogP contribution in [0.1, 0.15) is 29.2 Å². The average molecular weight is 475 g/mol. The van der Waals surface area contributed by atoms with E-state index >= 15 is 0 Å². The molecule has 1 aliphatic rings. The molecule has 34 heavy (non-hydrogen) atoms. The molecule has 8 heteroatoms. The second kappa shape index (κ2) is 8.68. The highest BCUT2D eigenvalue weighted by Gasteiger charge is 2.46. The van der Waals surface area contributed by atoms with Gasteiger partial charge in [-0.2, -0.15) is 0 Å². The number of hydrogen-bond donors (Lipinski definition) is 1. The molecule has 1 N–H and O–H groups in total. The molecule has 5 rings (SSSR count). The third-order valence-corrected chi connectivity index (χ3v) is 5.78. The number of aliphatic hydroxyl groups excluding tert-OH is 1. The van der Waals surface area contributed by atoms with Crippen LogP contribution in [-0.2, 0) is 4.79 Å². The normalized spacial score (nSPS) is 15.9. The van der Waals surface area contributed by atoms with Gasteiger partial charge in [0, 0.05) is 22.3 Å². The SMILES string of the molecule is CCOc1ccc(N2C(=O)C(O)=C(C(=O)c3cc4cc(Cl)ccc4o3)C2c2ccccn2)cc1. The monoisotopic (exact) mass is 474 g/mol. The van der Waals surface area contributed by atoms with Crippen LogP contribution in [0.2, 0.25) is 5.02 Å². The van der Waals surface area contributed by atoms with Gasteiger partial charge in [0.05, 0.1) is 17.9 Å². The Balaban J connectivity index is 1.61. The van der Waals surface area contributed by atoms with Gasteiger partial charge in [-0.1, -0.05) is 17.7 Å². The molecular weight excluding hydrogens is 456 g/mol. The number of carbonyl (C=O) groups excluding carboxylic acids is 2. The fourth-order valence-electron chi connectivity index (χ4n) is 4.05. The molecule has 0 aliphatic carbocycles. The largest absolute Gasteiger partial charge is 0.503 e. The van der Waals surface area contributed by atoms with Crippen molar-refractivity contribution in [2.24, 2.45) is 0 Å². The van der Waals surface area contributed by atoms with E-state index in [9.17, 15) is 14.7 Å². The van der Waals surface area contributed by atoms with Gasteiger partial charge in [-0.15, -0.1) is 0 Å². The van der Waals surface area contributed by atoms with E-state index in [-0.39, 0.29) is 11.3 Å². The van der Waals surface area contributed by atoms with Crippen molar-refractivity contribution >= 4 is 39.9 Å². The van der Waals surface area contributed by atoms with Crippen molar-refractivity contribution < 1.29 is 23.8 Å². The van der Waals surface area contributed by atoms with Crippen LogP contribution in [0, 0.1) is 0 Å². The number of halogens is 1. The number of fused-ring (bicyclic) bond motifs is 1. The average Bonchev–Trinajstić information content (AvgIpc) is 3.38. The van der Waals surface area contributed by atoms with Gasteiger partial charge in [-0.25, -0.2) is 0 Å². The minimum atomic E-state index is -0.948. The van der Waals surface area contributed by atoms with Gasteiger partial charge in [-0.3, -0.25) is 19.5 Å². The Hall–Kier alpha value is -4.10. The molecule has 0 radical (unpaired) electrons. The number of amides is 1. The number of hydrogen-bond acceptors (Lipinski definition) is 6. The van der Waals surface area contributed by atoms with Crippen molar-refractivity contribution in [1.29, 1.82) is 0 Å². The summed E-state index contributed by atoms with van der Waals surface area (Å²) in [5, 5.41) is 12.0. The zero-order valence-corrected chi connectivity index (χ0v) is 18.8. The summed E-state index contributed by atoms with van der Waals surface area (Å²) in [6, 6.07) is 17.6. The summed E-state index contributed by atoms with van der Waals surface area (Å²) in [6.45, 7) is 2.38. The molecular formula is C26H19ClN2O5. The van der Waals surface area contributed by atoms with Crippen LogP contribution in [0.4, 0.5) is 5.69 Å². The molecule has 0 spiro atoms. The fourth-order valence-corrected chi connectivity index (χ4v) is 4.23. The van der Waals surface area contributed by atoms with Crippen LogP contribution >= 0.6 is 11.6 Å². The number of Topliss-reactive ketones (excluding diaryl/α,β-unsaturated/α-hetero) is 1. The molecule has 4 aromatic rings. The van der Waals surface area contributed by atoms with E-state index in [2.05, 4.69) is 4.98 Å². The Morgan fingerprint density at radius 2 is 1.94 bits per heavy atom. The second-order valence-electron chi connectivity index (χ2n) is 7.64. The van der Waals surface area contributed by atoms with E-state index in [1.807, 2.05) is 6.92 Å². The minimum Gasteiger partial charge on any atom is -0.503 e. The Kier molecular flexibility index (Phi) is 5.55. The van der Waals surface area contributed by atoms with Crippen molar-refractivity contribution in [3.63, 3.8) is 0 Å². The van der Waals surface area contributed by atoms with Gasteiger partial charge in [0.1, 0.15) is 17.4 Å². The lowest BCUT2D eigenvalue weighted by molar-refractivity contribution is -0.117. The molecule has 0 saturated carbocycles. The quantitative estimate of drug-likeness (QED) is 0.362. The summed E-state index contributed by atoms with van der Waals surface area (Å²) in [5.74, 6) is -1.33. The number of aliphatic hydroxyl groups is 1. The van der Waals surface area contributed by atoms with E-state index < -0.39 is 23.5 Å². The first kappa shape index (κ1) is 21.7. The lowest BCUT2D eigenvalue weighted by Crippen LogP contribution is -2.31. The van der Waals surface area contributed by atoms with Crippen LogP contribution in [0.3, 0.4) is 0 Å². The summed E-state index contributed by atoms with van der Waals surface area (Å²) in [7, 11) is 0. The van der Waals surface area contributed by atoms with Gasteiger partial charge in [0.15, 0.2) is 11.5 Å². The molecule has 1 atom stereocenters. The number of pyridine rings is 1. The standard InChI is InChI=1S/C26H19ClN2O5/c1-2-33-18-9-7-17(8-10-18)29-23(19-5-3-4-12-28-19)22(25(31)26(29)32)24(30)21-14-15-13-16(27)6-11-20(15)34-21/h3-14,23,31H,2H2,1H3. The van der Waals surface area contributed by atoms with E-state index in [0.717, 1.165) is 0 Å². The third kappa shape index (κ3) is 3.70. The lowest BCUT2D eigenvalue weighted by atomic mass is 9.98. The predicted octanol–water partition coefficient (Wildman–Crippen LogP) is 5.66. The number of rotatable bonds is 6. The first-order valence-electron chi connectivity index (χ1n) is 10.6. The number of ketones is 1. The summed E-state index contributed by atoms with van der Waals surface area (Å²) >= 11 is 6.05. The molecule has 1 unspecified atom stereocenters. The fraction of sp³-hybridized carbons (Fsp3) is 0.115. The molecule has 3 heterocycles. The van der Waals surface area contributed by atoms with Crippen molar-refractivity contribution in [2.45, 2.75) is 13.0 Å². The van der Waals surface area contributed by atoms with Gasteiger partial charge in [0.2, 0.25) is 5.78 Å². The molecule has 2 aromatic carbocycles. The third-order valence-electron chi connectivity index (χ3n) is 5.55. The highest BCUT2D eigenvalue weighted by molar-refractivity contribution is 6.31. The first-order chi connectivity index (χ1) is 16.5. The molecule has 7 nitrogen and oxygen atoms in total. The van der Waals surface area contributed by atoms with Crippen molar-refractivity contribution in [3.05, 3.63) is 101 Å². The Bertz CT molecular complexity index is 1430. The molecule has 0 fully saturated rings. The number of aromatic nitrogens is 1. The van der Waals surface area contributed by atoms with E-state index in [4.69, 9.17) is 20.8 Å². The molecule has 0 bridgehead atoms. The number of benzene rings is 2. The lowest BCUT2D eigenvalue weighted by Gasteiger charge is -2.26. The van der Waals surface area contributed by atoms with E-state index in [0.29, 0.717) is 39.7 Å². The molecule has 1 aliphatic heterocycles. The van der Waals surface area contributed by atoms with Crippen molar-refractivity contribution in [1.82, 2.24) is 4.98 Å². The smallest absolute Gasteiger partial charge is 0.294 e.